The van der Waals surface area contributed by atoms with Gasteiger partial charge >= 0.3 is 0 Å². The van der Waals surface area contributed by atoms with Crippen LogP contribution in [0, 0.1) is 0 Å². The summed E-state index contributed by atoms with van der Waals surface area (Å²) in [6, 6.07) is 23.9. The number of para-hydroxylation sites is 1. The largest absolute Gasteiger partial charge is 0.344 e. The van der Waals surface area contributed by atoms with Gasteiger partial charge in [0.05, 0.1) is 11.7 Å². The highest BCUT2D eigenvalue weighted by Gasteiger charge is 2.21. The van der Waals surface area contributed by atoms with Crippen molar-refractivity contribution in [1.82, 2.24) is 29.9 Å². The van der Waals surface area contributed by atoms with Gasteiger partial charge in [0.2, 0.25) is 5.91 Å². The van der Waals surface area contributed by atoms with Crippen LogP contribution in [0.1, 0.15) is 17.2 Å². The molecule has 2 aromatic carbocycles. The lowest BCUT2D eigenvalue weighted by molar-refractivity contribution is -0.117. The number of carbonyl (C=O) groups is 1. The molecule has 0 aliphatic carbocycles. The van der Waals surface area contributed by atoms with Crippen LogP contribution in [0.5, 0.6) is 0 Å². The lowest BCUT2D eigenvalue weighted by Crippen LogP contribution is -2.47. The summed E-state index contributed by atoms with van der Waals surface area (Å²) >= 11 is 0. The van der Waals surface area contributed by atoms with Crippen molar-refractivity contribution in [1.29, 1.82) is 0 Å². The van der Waals surface area contributed by atoms with E-state index in [1.165, 1.54) is 0 Å². The molecular weight excluding hydrogens is 460 g/mol. The summed E-state index contributed by atoms with van der Waals surface area (Å²) < 4.78 is 1.83. The fraction of sp³-hybridized carbons (Fsp3) is 0.233. The van der Waals surface area contributed by atoms with Crippen molar-refractivity contribution in [3.05, 3.63) is 109 Å². The van der Waals surface area contributed by atoms with Crippen LogP contribution in [0.2, 0.25) is 0 Å². The maximum atomic E-state index is 13.2. The molecule has 2 aromatic heterocycles. The number of benzene rings is 2. The molecular formula is C30H32N6O. The van der Waals surface area contributed by atoms with Gasteiger partial charge in [-0.15, -0.1) is 0 Å². The molecule has 1 N–H and O–H groups in total. The van der Waals surface area contributed by atoms with E-state index in [4.69, 9.17) is 5.10 Å². The highest BCUT2D eigenvalue weighted by Crippen LogP contribution is 2.24. The van der Waals surface area contributed by atoms with Crippen molar-refractivity contribution in [2.45, 2.75) is 6.04 Å². The predicted molar refractivity (Wildman–Crippen MR) is 147 cm³/mol. The summed E-state index contributed by atoms with van der Waals surface area (Å²) in [4.78, 5) is 22.2. The Morgan fingerprint density at radius 3 is 2.41 bits per heavy atom. The molecule has 1 saturated heterocycles. The van der Waals surface area contributed by atoms with E-state index in [0.717, 1.165) is 60.8 Å². The quantitative estimate of drug-likeness (QED) is 0.376. The zero-order valence-electron chi connectivity index (χ0n) is 21.1. The van der Waals surface area contributed by atoms with Crippen LogP contribution in [0.25, 0.3) is 23.0 Å². The van der Waals surface area contributed by atoms with Gasteiger partial charge in [-0.25, -0.2) is 4.68 Å². The van der Waals surface area contributed by atoms with Crippen molar-refractivity contribution >= 4 is 12.0 Å². The Bertz CT molecular complexity index is 1310. The number of carbonyl (C=O) groups excluding carboxylic acids is 1. The first-order chi connectivity index (χ1) is 18.2. The van der Waals surface area contributed by atoms with Crippen LogP contribution in [0.15, 0.2) is 97.5 Å². The zero-order valence-corrected chi connectivity index (χ0v) is 21.1. The molecule has 3 heterocycles. The molecule has 0 saturated carbocycles. The number of hydrogen-bond acceptors (Lipinski definition) is 5. The van der Waals surface area contributed by atoms with Crippen LogP contribution < -0.4 is 5.32 Å². The molecule has 1 amide bonds. The summed E-state index contributed by atoms with van der Waals surface area (Å²) in [5.41, 5.74) is 4.58. The third-order valence-electron chi connectivity index (χ3n) is 6.67. The Morgan fingerprint density at radius 1 is 0.973 bits per heavy atom. The van der Waals surface area contributed by atoms with E-state index in [1.807, 2.05) is 77.6 Å². The van der Waals surface area contributed by atoms with Gasteiger partial charge in [0.15, 0.2) is 0 Å². The number of rotatable bonds is 8. The predicted octanol–water partition coefficient (Wildman–Crippen LogP) is 4.05. The fourth-order valence-electron chi connectivity index (χ4n) is 4.54. The third kappa shape index (κ3) is 6.39. The monoisotopic (exact) mass is 492 g/mol. The highest BCUT2D eigenvalue weighted by molar-refractivity contribution is 5.93. The van der Waals surface area contributed by atoms with Crippen LogP contribution in [0.3, 0.4) is 0 Å². The number of piperazine rings is 1. The molecule has 1 fully saturated rings. The van der Waals surface area contributed by atoms with E-state index in [9.17, 15) is 4.79 Å². The molecule has 7 heteroatoms. The second kappa shape index (κ2) is 11.8. The normalized spacial score (nSPS) is 15.6. The molecule has 37 heavy (non-hydrogen) atoms. The van der Waals surface area contributed by atoms with E-state index < -0.39 is 0 Å². The van der Waals surface area contributed by atoms with E-state index in [0.29, 0.717) is 0 Å². The summed E-state index contributed by atoms with van der Waals surface area (Å²) in [7, 11) is 2.15. The van der Waals surface area contributed by atoms with Crippen molar-refractivity contribution in [2.75, 3.05) is 39.8 Å². The highest BCUT2D eigenvalue weighted by atomic mass is 16.1. The van der Waals surface area contributed by atoms with Crippen molar-refractivity contribution in [2.24, 2.45) is 0 Å². The first-order valence-electron chi connectivity index (χ1n) is 12.7. The Labute approximate surface area is 218 Å². The van der Waals surface area contributed by atoms with Gasteiger partial charge in [0.25, 0.3) is 0 Å². The molecule has 1 aliphatic rings. The molecule has 1 unspecified atom stereocenters. The molecule has 4 aromatic rings. The van der Waals surface area contributed by atoms with E-state index in [-0.39, 0.29) is 11.9 Å². The SMILES string of the molecule is CN1CCN(CC(NC(=O)/C=C/c2cn(-c3ccccc3)nc2-c2cccnc2)c2ccccc2)CC1. The lowest BCUT2D eigenvalue weighted by atomic mass is 10.1. The molecule has 0 spiro atoms. The van der Waals surface area contributed by atoms with Gasteiger partial charge in [-0.1, -0.05) is 48.5 Å². The van der Waals surface area contributed by atoms with Crippen molar-refractivity contribution in [3.8, 4) is 16.9 Å². The number of aromatic nitrogens is 3. The Balaban J connectivity index is 1.36. The molecule has 0 radical (unpaired) electrons. The maximum Gasteiger partial charge on any atom is 0.244 e. The van der Waals surface area contributed by atoms with Gasteiger partial charge in [-0.3, -0.25) is 14.7 Å². The van der Waals surface area contributed by atoms with Crippen molar-refractivity contribution < 1.29 is 4.79 Å². The second-order valence-electron chi connectivity index (χ2n) is 9.36. The first-order valence-corrected chi connectivity index (χ1v) is 12.7. The Hall–Kier alpha value is -4.07. The molecule has 1 aliphatic heterocycles. The minimum atomic E-state index is -0.132. The van der Waals surface area contributed by atoms with Crippen LogP contribution in [0.4, 0.5) is 0 Å². The summed E-state index contributed by atoms with van der Waals surface area (Å²) in [6.07, 6.45) is 8.91. The number of nitrogens with one attached hydrogen (secondary N) is 1. The van der Waals surface area contributed by atoms with Gasteiger partial charge < -0.3 is 10.2 Å². The number of likely N-dealkylation sites (N-methyl/N-ethyl adjacent to an activating group) is 1. The Morgan fingerprint density at radius 2 is 1.70 bits per heavy atom. The topological polar surface area (TPSA) is 66.3 Å². The first kappa shape index (κ1) is 24.6. The summed E-state index contributed by atoms with van der Waals surface area (Å²) in [6.45, 7) is 4.86. The Kier molecular flexibility index (Phi) is 7.84. The smallest absolute Gasteiger partial charge is 0.244 e. The number of amides is 1. The molecule has 7 nitrogen and oxygen atoms in total. The number of pyridine rings is 1. The molecule has 1 atom stereocenters. The van der Waals surface area contributed by atoms with Gasteiger partial charge in [0.1, 0.15) is 5.69 Å². The van der Waals surface area contributed by atoms with Crippen LogP contribution in [-0.2, 0) is 4.79 Å². The molecule has 188 valence electrons. The average Bonchev–Trinajstić information content (AvgIpc) is 3.39. The lowest BCUT2D eigenvalue weighted by Gasteiger charge is -2.34. The van der Waals surface area contributed by atoms with E-state index in [1.54, 1.807) is 18.5 Å². The van der Waals surface area contributed by atoms with Gasteiger partial charge in [0, 0.05) is 68.5 Å². The maximum absolute atomic E-state index is 13.2. The minimum absolute atomic E-state index is 0.0911. The van der Waals surface area contributed by atoms with Gasteiger partial charge in [-0.05, 0) is 43.0 Å². The zero-order chi connectivity index (χ0) is 25.5. The molecule has 0 bridgehead atoms. The second-order valence-corrected chi connectivity index (χ2v) is 9.36. The van der Waals surface area contributed by atoms with Crippen LogP contribution in [-0.4, -0.2) is 70.2 Å². The van der Waals surface area contributed by atoms with Gasteiger partial charge in [-0.2, -0.15) is 5.10 Å². The van der Waals surface area contributed by atoms with E-state index in [2.05, 4.69) is 39.3 Å². The fourth-order valence-corrected chi connectivity index (χ4v) is 4.54. The van der Waals surface area contributed by atoms with Crippen molar-refractivity contribution in [3.63, 3.8) is 0 Å². The van der Waals surface area contributed by atoms with E-state index >= 15 is 0 Å². The standard InChI is InChI=1S/C30H32N6O/c1-34-17-19-35(20-18-34)23-28(24-9-4-2-5-10-24)32-29(37)15-14-26-22-36(27-12-6-3-7-13-27)33-30(26)25-11-8-16-31-21-25/h2-16,21-22,28H,17-20,23H2,1H3,(H,32,37)/b15-14+. The van der Waals surface area contributed by atoms with Crippen LogP contribution >= 0.6 is 0 Å². The summed E-state index contributed by atoms with van der Waals surface area (Å²) in [5.74, 6) is -0.132. The number of nitrogens with zero attached hydrogens (tertiary/aromatic N) is 5. The summed E-state index contributed by atoms with van der Waals surface area (Å²) in [5, 5.41) is 8.04. The molecule has 5 rings (SSSR count). The number of hydrogen-bond donors (Lipinski definition) is 1. The third-order valence-corrected chi connectivity index (χ3v) is 6.67. The average molecular weight is 493 g/mol. The minimum Gasteiger partial charge on any atom is -0.344 e.